The molecule has 0 N–H and O–H groups in total. The lowest BCUT2D eigenvalue weighted by Gasteiger charge is -2.07. The van der Waals surface area contributed by atoms with Gasteiger partial charge in [0.1, 0.15) is 0 Å². The predicted octanol–water partition coefficient (Wildman–Crippen LogP) is 5.09. The number of hydrogen-bond donors (Lipinski definition) is 0. The average molecular weight is 243 g/mol. The summed E-state index contributed by atoms with van der Waals surface area (Å²) in [5, 5.41) is 10.9. The van der Waals surface area contributed by atoms with Crippen LogP contribution in [0.25, 0.3) is 0 Å². The highest BCUT2D eigenvalue weighted by atomic mass is 16.6. The highest BCUT2D eigenvalue weighted by molar-refractivity contribution is 4.47. The summed E-state index contributed by atoms with van der Waals surface area (Å²) in [6.45, 7) is 4.78. The second-order valence-electron chi connectivity index (χ2n) is 4.89. The quantitative estimate of drug-likeness (QED) is 0.327. The van der Waals surface area contributed by atoms with Gasteiger partial charge in [-0.3, -0.25) is 0 Å². The standard InChI is InChI=1S/C15H31O2/c1-3-5-6-7-8-9-10-11-12-13-14-17-15(16)4-2/h15H,3-14H2,1-2H3. The normalized spacial score (nSPS) is 12.9. The van der Waals surface area contributed by atoms with Crippen LogP contribution in [0.1, 0.15) is 84.5 Å². The maximum absolute atomic E-state index is 10.9. The molecular weight excluding hydrogens is 212 g/mol. The molecule has 103 valence electrons. The number of unbranched alkanes of at least 4 members (excludes halogenated alkanes) is 9. The van der Waals surface area contributed by atoms with Crippen LogP contribution in [-0.4, -0.2) is 12.9 Å². The van der Waals surface area contributed by atoms with E-state index in [4.69, 9.17) is 4.74 Å². The molecule has 0 aromatic rings. The minimum atomic E-state index is -0.798. The second-order valence-corrected chi connectivity index (χ2v) is 4.89. The van der Waals surface area contributed by atoms with Gasteiger partial charge in [0.2, 0.25) is 0 Å². The molecule has 1 atom stereocenters. The molecule has 0 rings (SSSR count). The molecule has 0 heterocycles. The van der Waals surface area contributed by atoms with Gasteiger partial charge in [0.05, 0.1) is 0 Å². The Kier molecular flexibility index (Phi) is 13.9. The fourth-order valence-corrected chi connectivity index (χ4v) is 1.92. The summed E-state index contributed by atoms with van der Waals surface area (Å²) >= 11 is 0. The SMILES string of the molecule is CCCCCCCCCCCCOC([O])CC. The molecule has 0 aromatic heterocycles. The largest absolute Gasteiger partial charge is 0.350 e. The zero-order chi connectivity index (χ0) is 12.8. The molecule has 1 radical (unpaired) electrons. The fraction of sp³-hybridized carbons (Fsp3) is 1.00. The lowest BCUT2D eigenvalue weighted by Crippen LogP contribution is -2.09. The molecule has 17 heavy (non-hydrogen) atoms. The van der Waals surface area contributed by atoms with Crippen LogP contribution in [0.3, 0.4) is 0 Å². The first-order valence-corrected chi connectivity index (χ1v) is 7.58. The Morgan fingerprint density at radius 3 is 1.71 bits per heavy atom. The van der Waals surface area contributed by atoms with Gasteiger partial charge >= 0.3 is 0 Å². The summed E-state index contributed by atoms with van der Waals surface area (Å²) in [6, 6.07) is 0. The maximum Gasteiger partial charge on any atom is 0.191 e. The molecule has 0 saturated carbocycles. The van der Waals surface area contributed by atoms with Gasteiger partial charge in [0.15, 0.2) is 6.29 Å². The van der Waals surface area contributed by atoms with E-state index < -0.39 is 6.29 Å². The van der Waals surface area contributed by atoms with E-state index in [-0.39, 0.29) is 0 Å². The molecule has 2 heteroatoms. The number of ether oxygens (including phenoxy) is 1. The van der Waals surface area contributed by atoms with Crippen molar-refractivity contribution in [1.82, 2.24) is 0 Å². The van der Waals surface area contributed by atoms with E-state index in [2.05, 4.69) is 6.92 Å². The molecule has 0 aliphatic carbocycles. The maximum atomic E-state index is 10.9. The van der Waals surface area contributed by atoms with Gasteiger partial charge in [0, 0.05) is 6.61 Å². The Morgan fingerprint density at radius 2 is 1.24 bits per heavy atom. The minimum absolute atomic E-state index is 0.581. The third-order valence-corrected chi connectivity index (χ3v) is 3.13. The Labute approximate surface area is 108 Å². The van der Waals surface area contributed by atoms with E-state index in [9.17, 15) is 5.11 Å². The van der Waals surface area contributed by atoms with Gasteiger partial charge < -0.3 is 4.74 Å². The summed E-state index contributed by atoms with van der Waals surface area (Å²) in [7, 11) is 0. The van der Waals surface area contributed by atoms with Crippen LogP contribution < -0.4 is 0 Å². The van der Waals surface area contributed by atoms with Crippen molar-refractivity contribution in [2.45, 2.75) is 90.8 Å². The molecule has 0 spiro atoms. The summed E-state index contributed by atoms with van der Waals surface area (Å²) < 4.78 is 5.11. The third kappa shape index (κ3) is 13.9. The van der Waals surface area contributed by atoms with Crippen LogP contribution in [-0.2, 0) is 9.84 Å². The van der Waals surface area contributed by atoms with E-state index in [1.807, 2.05) is 6.92 Å². The zero-order valence-corrected chi connectivity index (χ0v) is 11.9. The Hall–Kier alpha value is -0.0800. The van der Waals surface area contributed by atoms with Crippen molar-refractivity contribution in [3.8, 4) is 0 Å². The highest BCUT2D eigenvalue weighted by Gasteiger charge is 2.00. The molecule has 0 amide bonds. The van der Waals surface area contributed by atoms with E-state index in [1.165, 1.54) is 57.8 Å². The minimum Gasteiger partial charge on any atom is -0.350 e. The first-order valence-electron chi connectivity index (χ1n) is 7.58. The van der Waals surface area contributed by atoms with Crippen LogP contribution >= 0.6 is 0 Å². The average Bonchev–Trinajstić information content (AvgIpc) is 2.35. The highest BCUT2D eigenvalue weighted by Crippen LogP contribution is 2.10. The first kappa shape index (κ1) is 16.9. The Bertz CT molecular complexity index is 137. The lowest BCUT2D eigenvalue weighted by molar-refractivity contribution is -0.141. The molecular formula is C15H31O2. The van der Waals surface area contributed by atoms with Crippen molar-refractivity contribution in [3.05, 3.63) is 0 Å². The number of rotatable bonds is 13. The van der Waals surface area contributed by atoms with Crippen LogP contribution in [0.15, 0.2) is 0 Å². The van der Waals surface area contributed by atoms with E-state index in [0.29, 0.717) is 13.0 Å². The number of hydrogen-bond acceptors (Lipinski definition) is 1. The molecule has 0 bridgehead atoms. The Balaban J connectivity index is 2.94. The summed E-state index contributed by atoms with van der Waals surface area (Å²) in [4.78, 5) is 0. The molecule has 1 unspecified atom stereocenters. The van der Waals surface area contributed by atoms with Crippen molar-refractivity contribution in [2.24, 2.45) is 0 Å². The molecule has 0 saturated heterocycles. The van der Waals surface area contributed by atoms with Gasteiger partial charge in [-0.25, -0.2) is 5.11 Å². The van der Waals surface area contributed by atoms with Crippen molar-refractivity contribution < 1.29 is 9.84 Å². The predicted molar refractivity (Wildman–Crippen MR) is 72.6 cm³/mol. The van der Waals surface area contributed by atoms with E-state index >= 15 is 0 Å². The van der Waals surface area contributed by atoms with Gasteiger partial charge in [-0.05, 0) is 12.8 Å². The molecule has 0 aliphatic rings. The second kappa shape index (κ2) is 14.0. The summed E-state index contributed by atoms with van der Waals surface area (Å²) in [5.41, 5.74) is 0. The van der Waals surface area contributed by atoms with Crippen molar-refractivity contribution in [1.29, 1.82) is 0 Å². The molecule has 2 nitrogen and oxygen atoms in total. The van der Waals surface area contributed by atoms with Gasteiger partial charge in [-0.1, -0.05) is 71.6 Å². The van der Waals surface area contributed by atoms with Crippen molar-refractivity contribution in [3.63, 3.8) is 0 Å². The van der Waals surface area contributed by atoms with Crippen molar-refractivity contribution >= 4 is 0 Å². The van der Waals surface area contributed by atoms with Gasteiger partial charge in [0.25, 0.3) is 0 Å². The van der Waals surface area contributed by atoms with E-state index in [1.54, 1.807) is 0 Å². The monoisotopic (exact) mass is 243 g/mol. The smallest absolute Gasteiger partial charge is 0.191 e. The van der Waals surface area contributed by atoms with Crippen molar-refractivity contribution in [2.75, 3.05) is 6.61 Å². The molecule has 0 aromatic carbocycles. The third-order valence-electron chi connectivity index (χ3n) is 3.13. The van der Waals surface area contributed by atoms with Gasteiger partial charge in [-0.2, -0.15) is 0 Å². The summed E-state index contributed by atoms with van der Waals surface area (Å²) in [5.74, 6) is 0. The topological polar surface area (TPSA) is 29.1 Å². The molecule has 0 aliphatic heterocycles. The lowest BCUT2D eigenvalue weighted by atomic mass is 10.1. The van der Waals surface area contributed by atoms with E-state index in [0.717, 1.165) is 6.42 Å². The van der Waals surface area contributed by atoms with Crippen LogP contribution in [0.5, 0.6) is 0 Å². The molecule has 0 fully saturated rings. The fourth-order valence-electron chi connectivity index (χ4n) is 1.92. The van der Waals surface area contributed by atoms with Crippen LogP contribution in [0.2, 0.25) is 0 Å². The summed E-state index contributed by atoms with van der Waals surface area (Å²) in [6.07, 6.45) is 13.0. The Morgan fingerprint density at radius 1 is 0.765 bits per heavy atom. The van der Waals surface area contributed by atoms with Crippen LogP contribution in [0, 0.1) is 0 Å². The zero-order valence-electron chi connectivity index (χ0n) is 11.9. The van der Waals surface area contributed by atoms with Gasteiger partial charge in [-0.15, -0.1) is 0 Å². The van der Waals surface area contributed by atoms with Crippen LogP contribution in [0.4, 0.5) is 0 Å². The first-order chi connectivity index (χ1) is 8.31.